The highest BCUT2D eigenvalue weighted by Crippen LogP contribution is 2.33. The molecule has 1 aliphatic heterocycles. The van der Waals surface area contributed by atoms with Crippen molar-refractivity contribution in [3.05, 3.63) is 24.3 Å². The molecule has 1 aliphatic carbocycles. The maximum Gasteiger partial charge on any atom is 0.120 e. The van der Waals surface area contributed by atoms with Gasteiger partial charge in [-0.2, -0.15) is 5.10 Å². The van der Waals surface area contributed by atoms with Crippen molar-refractivity contribution >= 4 is 16.5 Å². The van der Waals surface area contributed by atoms with Crippen molar-refractivity contribution in [3.63, 3.8) is 0 Å². The van der Waals surface area contributed by atoms with E-state index in [0.29, 0.717) is 0 Å². The minimum atomic E-state index is 0.771. The van der Waals surface area contributed by atoms with Crippen molar-refractivity contribution in [1.82, 2.24) is 15.4 Å². The lowest BCUT2D eigenvalue weighted by Gasteiger charge is -1.94. The number of nitrogens with zero attached hydrogens (tertiary/aromatic N) is 1. The molecule has 0 saturated carbocycles. The Hall–Kier alpha value is -1.97. The smallest absolute Gasteiger partial charge is 0.120 e. The Morgan fingerprint density at radius 1 is 1.31 bits per heavy atom. The molecule has 1 heterocycles. The molecule has 1 aromatic rings. The lowest BCUT2D eigenvalue weighted by molar-refractivity contribution is 0.953. The standard InChI is InChI=1S/C9H8N4/c10-6-3-1-2-5-4-7-9(8(5)6)12-13-11-7/h1-4,11,13H,10H2. The maximum atomic E-state index is 5.86. The van der Waals surface area contributed by atoms with Crippen molar-refractivity contribution in [3.8, 4) is 11.4 Å². The number of anilines is 1. The van der Waals surface area contributed by atoms with E-state index in [2.05, 4.69) is 15.4 Å². The zero-order chi connectivity index (χ0) is 8.84. The monoisotopic (exact) mass is 172 g/mol. The Bertz CT molecular complexity index is 534. The molecule has 0 fully saturated rings. The quantitative estimate of drug-likeness (QED) is 0.450. The van der Waals surface area contributed by atoms with Gasteiger partial charge in [0.2, 0.25) is 0 Å². The van der Waals surface area contributed by atoms with E-state index in [-0.39, 0.29) is 0 Å². The molecule has 2 aliphatic rings. The summed E-state index contributed by atoms with van der Waals surface area (Å²) in [7, 11) is 0. The molecule has 0 atom stereocenters. The molecule has 0 saturated heterocycles. The third-order valence-electron chi connectivity index (χ3n) is 2.28. The second-order valence-electron chi connectivity index (χ2n) is 3.07. The number of H-pyrrole nitrogens is 2. The summed E-state index contributed by atoms with van der Waals surface area (Å²) in [6, 6.07) is 7.89. The zero-order valence-corrected chi connectivity index (χ0v) is 6.83. The van der Waals surface area contributed by atoms with Crippen molar-refractivity contribution in [2.45, 2.75) is 0 Å². The summed E-state index contributed by atoms with van der Waals surface area (Å²) in [5.74, 6) is 0. The summed E-state index contributed by atoms with van der Waals surface area (Å²) in [6.45, 7) is 0. The highest BCUT2D eigenvalue weighted by molar-refractivity contribution is 6.06. The van der Waals surface area contributed by atoms with Gasteiger partial charge in [-0.3, -0.25) is 5.10 Å². The number of hydrogen-bond donors (Lipinski definition) is 3. The summed E-state index contributed by atoms with van der Waals surface area (Å²) in [5.41, 5.74) is 8.53. The summed E-state index contributed by atoms with van der Waals surface area (Å²) >= 11 is 0. The van der Waals surface area contributed by atoms with E-state index in [1.165, 1.54) is 0 Å². The summed E-state index contributed by atoms with van der Waals surface area (Å²) in [4.78, 5) is 0. The van der Waals surface area contributed by atoms with Crippen LogP contribution >= 0.6 is 0 Å². The van der Waals surface area contributed by atoms with E-state index < -0.39 is 0 Å². The van der Waals surface area contributed by atoms with Gasteiger partial charge in [0.15, 0.2) is 0 Å². The number of benzene rings is 1. The fraction of sp³-hybridized carbons (Fsp3) is 0. The van der Waals surface area contributed by atoms with E-state index in [1.54, 1.807) is 0 Å². The SMILES string of the molecule is Nc1cccc2cc3[nH][nH]nc-3c12. The van der Waals surface area contributed by atoms with Crippen LogP contribution in [-0.4, -0.2) is 15.4 Å². The molecule has 13 heavy (non-hydrogen) atoms. The first-order valence-electron chi connectivity index (χ1n) is 4.06. The Balaban J connectivity index is 2.59. The van der Waals surface area contributed by atoms with Crippen LogP contribution < -0.4 is 5.73 Å². The molecule has 4 heteroatoms. The van der Waals surface area contributed by atoms with Gasteiger partial charge in [-0.1, -0.05) is 12.1 Å². The molecule has 4 N–H and O–H groups in total. The third kappa shape index (κ3) is 0.717. The fourth-order valence-electron chi connectivity index (χ4n) is 1.70. The largest absolute Gasteiger partial charge is 0.398 e. The molecule has 4 nitrogen and oxygen atoms in total. The number of nitrogens with one attached hydrogen (secondary N) is 2. The topological polar surface area (TPSA) is 70.5 Å². The minimum absolute atomic E-state index is 0.771. The zero-order valence-electron chi connectivity index (χ0n) is 6.83. The number of nitrogen functional groups attached to an aromatic ring is 1. The summed E-state index contributed by atoms with van der Waals surface area (Å²) in [6.07, 6.45) is 0. The van der Waals surface area contributed by atoms with Gasteiger partial charge in [0, 0.05) is 11.1 Å². The van der Waals surface area contributed by atoms with E-state index in [1.807, 2.05) is 24.3 Å². The Kier molecular flexibility index (Phi) is 1.02. The molecule has 0 spiro atoms. The van der Waals surface area contributed by atoms with E-state index in [0.717, 1.165) is 27.8 Å². The Morgan fingerprint density at radius 2 is 2.23 bits per heavy atom. The van der Waals surface area contributed by atoms with Crippen LogP contribution in [0.3, 0.4) is 0 Å². The molecule has 0 amide bonds. The molecule has 0 radical (unpaired) electrons. The summed E-state index contributed by atoms with van der Waals surface area (Å²) in [5, 5.41) is 11.9. The first-order valence-corrected chi connectivity index (χ1v) is 4.06. The van der Waals surface area contributed by atoms with Gasteiger partial charge in [0.1, 0.15) is 5.69 Å². The fourth-order valence-corrected chi connectivity index (χ4v) is 1.70. The number of hydrogen-bond acceptors (Lipinski definition) is 2. The van der Waals surface area contributed by atoms with Gasteiger partial charge in [-0.05, 0) is 17.5 Å². The van der Waals surface area contributed by atoms with Crippen molar-refractivity contribution in [1.29, 1.82) is 0 Å². The molecule has 3 rings (SSSR count). The van der Waals surface area contributed by atoms with E-state index >= 15 is 0 Å². The second kappa shape index (κ2) is 2.04. The highest BCUT2D eigenvalue weighted by atomic mass is 15.3. The molecular formula is C9H8N4. The first kappa shape index (κ1) is 6.54. The van der Waals surface area contributed by atoms with Crippen LogP contribution in [0.5, 0.6) is 0 Å². The number of nitrogens with two attached hydrogens (primary N) is 1. The Labute approximate surface area is 74.1 Å². The molecule has 0 bridgehead atoms. The van der Waals surface area contributed by atoms with Crippen LogP contribution in [0, 0.1) is 0 Å². The van der Waals surface area contributed by atoms with Gasteiger partial charge >= 0.3 is 0 Å². The Morgan fingerprint density at radius 3 is 3.15 bits per heavy atom. The molecule has 64 valence electrons. The van der Waals surface area contributed by atoms with Crippen LogP contribution in [0.25, 0.3) is 22.2 Å². The highest BCUT2D eigenvalue weighted by Gasteiger charge is 2.13. The molecule has 0 aromatic heterocycles. The van der Waals surface area contributed by atoms with Gasteiger partial charge in [-0.25, -0.2) is 5.21 Å². The van der Waals surface area contributed by atoms with Crippen LogP contribution in [0.4, 0.5) is 5.69 Å². The van der Waals surface area contributed by atoms with Crippen LogP contribution in [0.1, 0.15) is 0 Å². The average Bonchev–Trinajstić information content (AvgIpc) is 2.62. The minimum Gasteiger partial charge on any atom is -0.398 e. The predicted molar refractivity (Wildman–Crippen MR) is 51.5 cm³/mol. The third-order valence-corrected chi connectivity index (χ3v) is 2.28. The van der Waals surface area contributed by atoms with Gasteiger partial charge in [0.05, 0.1) is 5.69 Å². The molecular weight excluding hydrogens is 164 g/mol. The number of aromatic nitrogens is 3. The average molecular weight is 172 g/mol. The molecule has 0 unspecified atom stereocenters. The number of rotatable bonds is 0. The van der Waals surface area contributed by atoms with Crippen molar-refractivity contribution in [2.75, 3.05) is 5.73 Å². The van der Waals surface area contributed by atoms with Crippen molar-refractivity contribution < 1.29 is 0 Å². The maximum absolute atomic E-state index is 5.86. The van der Waals surface area contributed by atoms with Gasteiger partial charge in [-0.15, -0.1) is 0 Å². The first-order chi connectivity index (χ1) is 6.36. The second-order valence-corrected chi connectivity index (χ2v) is 3.07. The van der Waals surface area contributed by atoms with Gasteiger partial charge in [0.25, 0.3) is 0 Å². The normalized spacial score (nSPS) is 11.4. The van der Waals surface area contributed by atoms with Gasteiger partial charge < -0.3 is 5.73 Å². The van der Waals surface area contributed by atoms with Crippen LogP contribution in [0.2, 0.25) is 0 Å². The molecule has 1 aromatic carbocycles. The van der Waals surface area contributed by atoms with Crippen LogP contribution in [-0.2, 0) is 0 Å². The lowest BCUT2D eigenvalue weighted by Crippen LogP contribution is -1.85. The van der Waals surface area contributed by atoms with E-state index in [4.69, 9.17) is 5.73 Å². The number of fused-ring (bicyclic) bond motifs is 3. The number of aromatic amines is 2. The lowest BCUT2D eigenvalue weighted by atomic mass is 10.2. The predicted octanol–water partition coefficient (Wildman–Crippen LogP) is 1.58. The van der Waals surface area contributed by atoms with Crippen molar-refractivity contribution in [2.24, 2.45) is 0 Å². The van der Waals surface area contributed by atoms with Crippen LogP contribution in [0.15, 0.2) is 24.3 Å². The summed E-state index contributed by atoms with van der Waals surface area (Å²) < 4.78 is 0. The van der Waals surface area contributed by atoms with E-state index in [9.17, 15) is 0 Å².